The highest BCUT2D eigenvalue weighted by molar-refractivity contribution is 5.77. The van der Waals surface area contributed by atoms with Gasteiger partial charge in [0.1, 0.15) is 0 Å². The lowest BCUT2D eigenvalue weighted by atomic mass is 10.1. The maximum Gasteiger partial charge on any atom is 0.276 e. The maximum atomic E-state index is 12.7. The number of rotatable bonds is 3. The Labute approximate surface area is 82.6 Å². The second-order valence-electron chi connectivity index (χ2n) is 2.80. The summed E-state index contributed by atoms with van der Waals surface area (Å²) in [5.41, 5.74) is 3.90. The van der Waals surface area contributed by atoms with Gasteiger partial charge in [-0.3, -0.25) is 14.9 Å². The summed E-state index contributed by atoms with van der Waals surface area (Å²) >= 11 is 0. The summed E-state index contributed by atoms with van der Waals surface area (Å²) in [6.07, 6.45) is -0.506. The number of primary amides is 1. The molecule has 0 aliphatic carbocycles. The highest BCUT2D eigenvalue weighted by atomic mass is 19.2. The second kappa shape index (κ2) is 3.99. The van der Waals surface area contributed by atoms with Crippen molar-refractivity contribution in [3.05, 3.63) is 39.4 Å². The minimum absolute atomic E-state index is 0.244. The first kappa shape index (κ1) is 11.0. The molecule has 5 nitrogen and oxygen atoms in total. The molecule has 0 saturated carbocycles. The van der Waals surface area contributed by atoms with Crippen molar-refractivity contribution < 1.29 is 18.5 Å². The van der Waals surface area contributed by atoms with Gasteiger partial charge in [0.15, 0.2) is 11.6 Å². The van der Waals surface area contributed by atoms with E-state index in [4.69, 9.17) is 5.73 Å². The van der Waals surface area contributed by atoms with Gasteiger partial charge >= 0.3 is 0 Å². The van der Waals surface area contributed by atoms with Gasteiger partial charge in [0.25, 0.3) is 5.69 Å². The number of nitro benzene ring substituents is 1. The third-order valence-electron chi connectivity index (χ3n) is 1.68. The first-order valence-corrected chi connectivity index (χ1v) is 3.82. The number of carbonyl (C=O) groups excluding carboxylic acids is 1. The van der Waals surface area contributed by atoms with Crippen LogP contribution < -0.4 is 5.73 Å². The standard InChI is InChI=1S/C8H6F2N2O3/c9-5-1-4(2-8(11)13)7(12(14)15)3-6(5)10/h1,3H,2H2,(H2,11,13). The highest BCUT2D eigenvalue weighted by Crippen LogP contribution is 2.22. The predicted octanol–water partition coefficient (Wildman–Crippen LogP) is 0.901. The molecule has 1 aromatic carbocycles. The van der Waals surface area contributed by atoms with Crippen LogP contribution in [-0.4, -0.2) is 10.8 Å². The third-order valence-corrected chi connectivity index (χ3v) is 1.68. The van der Waals surface area contributed by atoms with Gasteiger partial charge in [-0.1, -0.05) is 0 Å². The third kappa shape index (κ3) is 2.46. The molecule has 1 rings (SSSR count). The Balaban J connectivity index is 3.28. The van der Waals surface area contributed by atoms with Crippen LogP contribution in [0.15, 0.2) is 12.1 Å². The van der Waals surface area contributed by atoms with Crippen molar-refractivity contribution in [2.75, 3.05) is 0 Å². The number of nitro groups is 1. The van der Waals surface area contributed by atoms with Gasteiger partial charge in [0, 0.05) is 5.56 Å². The number of hydrogen-bond acceptors (Lipinski definition) is 3. The molecular weight excluding hydrogens is 210 g/mol. The van der Waals surface area contributed by atoms with Crippen LogP contribution in [0.4, 0.5) is 14.5 Å². The van der Waals surface area contributed by atoms with Gasteiger partial charge in [-0.05, 0) is 6.07 Å². The number of carbonyl (C=O) groups is 1. The van der Waals surface area contributed by atoms with Gasteiger partial charge in [-0.15, -0.1) is 0 Å². The van der Waals surface area contributed by atoms with Crippen LogP contribution in [0.5, 0.6) is 0 Å². The molecule has 2 N–H and O–H groups in total. The lowest BCUT2D eigenvalue weighted by Gasteiger charge is -2.01. The van der Waals surface area contributed by atoms with E-state index in [9.17, 15) is 23.7 Å². The molecule has 80 valence electrons. The Hall–Kier alpha value is -2.05. The largest absolute Gasteiger partial charge is 0.369 e. The molecule has 0 atom stereocenters. The Bertz CT molecular complexity index is 434. The van der Waals surface area contributed by atoms with Crippen LogP contribution in [0.25, 0.3) is 0 Å². The molecule has 0 aliphatic heterocycles. The van der Waals surface area contributed by atoms with E-state index < -0.39 is 34.6 Å². The summed E-state index contributed by atoms with van der Waals surface area (Å²) in [6.45, 7) is 0. The average molecular weight is 216 g/mol. The van der Waals surface area contributed by atoms with E-state index in [1.165, 1.54) is 0 Å². The molecule has 0 spiro atoms. The summed E-state index contributed by atoms with van der Waals surface area (Å²) < 4.78 is 25.4. The molecule has 1 aromatic rings. The second-order valence-corrected chi connectivity index (χ2v) is 2.80. The molecule has 15 heavy (non-hydrogen) atoms. The smallest absolute Gasteiger partial charge is 0.276 e. The van der Waals surface area contributed by atoms with Crippen LogP contribution >= 0.6 is 0 Å². The predicted molar refractivity (Wildman–Crippen MR) is 45.9 cm³/mol. The molecule has 0 bridgehead atoms. The fourth-order valence-electron chi connectivity index (χ4n) is 1.08. The van der Waals surface area contributed by atoms with Gasteiger partial charge in [-0.2, -0.15) is 0 Å². The molecule has 7 heteroatoms. The highest BCUT2D eigenvalue weighted by Gasteiger charge is 2.19. The lowest BCUT2D eigenvalue weighted by Crippen LogP contribution is -2.15. The summed E-state index contributed by atoms with van der Waals surface area (Å²) in [4.78, 5) is 20.1. The first-order chi connectivity index (χ1) is 6.91. The topological polar surface area (TPSA) is 86.2 Å². The molecule has 0 aromatic heterocycles. The van der Waals surface area contributed by atoms with Crippen molar-refractivity contribution in [1.29, 1.82) is 0 Å². The zero-order valence-electron chi connectivity index (χ0n) is 7.37. The quantitative estimate of drug-likeness (QED) is 0.601. The molecule has 0 saturated heterocycles. The van der Waals surface area contributed by atoms with E-state index in [-0.39, 0.29) is 5.56 Å². The molecule has 0 aliphatic rings. The van der Waals surface area contributed by atoms with Crippen molar-refractivity contribution in [3.8, 4) is 0 Å². The molecule has 0 fully saturated rings. The number of nitrogens with two attached hydrogens (primary N) is 1. The fraction of sp³-hybridized carbons (Fsp3) is 0.125. The monoisotopic (exact) mass is 216 g/mol. The SMILES string of the molecule is NC(=O)Cc1cc(F)c(F)cc1[N+](=O)[O-]. The Morgan fingerprint density at radius 3 is 2.40 bits per heavy atom. The molecule has 1 amide bonds. The zero-order chi connectivity index (χ0) is 11.6. The average Bonchev–Trinajstić information content (AvgIpc) is 2.09. The minimum Gasteiger partial charge on any atom is -0.369 e. The molecule has 0 unspecified atom stereocenters. The van der Waals surface area contributed by atoms with Crippen LogP contribution in [0, 0.1) is 21.7 Å². The Morgan fingerprint density at radius 1 is 1.40 bits per heavy atom. The van der Waals surface area contributed by atoms with Crippen LogP contribution in [0.2, 0.25) is 0 Å². The molecule has 0 heterocycles. The fourth-order valence-corrected chi connectivity index (χ4v) is 1.08. The van der Waals surface area contributed by atoms with E-state index in [0.29, 0.717) is 12.1 Å². The minimum atomic E-state index is -1.34. The van der Waals surface area contributed by atoms with Crippen molar-refractivity contribution in [2.24, 2.45) is 5.73 Å². The Morgan fingerprint density at radius 2 is 1.93 bits per heavy atom. The van der Waals surface area contributed by atoms with Crippen molar-refractivity contribution in [3.63, 3.8) is 0 Å². The number of amides is 1. The summed E-state index contributed by atoms with van der Waals surface area (Å²) in [6, 6.07) is 1.02. The van der Waals surface area contributed by atoms with E-state index in [1.807, 2.05) is 0 Å². The summed E-state index contributed by atoms with van der Waals surface area (Å²) in [7, 11) is 0. The van der Waals surface area contributed by atoms with Gasteiger partial charge in [0.2, 0.25) is 5.91 Å². The lowest BCUT2D eigenvalue weighted by molar-refractivity contribution is -0.385. The van der Waals surface area contributed by atoms with Gasteiger partial charge in [0.05, 0.1) is 17.4 Å². The molecular formula is C8H6F2N2O3. The number of benzene rings is 1. The van der Waals surface area contributed by atoms with Crippen molar-refractivity contribution in [1.82, 2.24) is 0 Å². The maximum absolute atomic E-state index is 12.7. The Kier molecular flexibility index (Phi) is 2.93. The number of nitrogens with zero attached hydrogens (tertiary/aromatic N) is 1. The van der Waals surface area contributed by atoms with E-state index in [1.54, 1.807) is 0 Å². The van der Waals surface area contributed by atoms with Crippen LogP contribution in [-0.2, 0) is 11.2 Å². The van der Waals surface area contributed by atoms with Crippen LogP contribution in [0.3, 0.4) is 0 Å². The van der Waals surface area contributed by atoms with Crippen LogP contribution in [0.1, 0.15) is 5.56 Å². The van der Waals surface area contributed by atoms with Crippen molar-refractivity contribution >= 4 is 11.6 Å². The van der Waals surface area contributed by atoms with Gasteiger partial charge < -0.3 is 5.73 Å². The first-order valence-electron chi connectivity index (χ1n) is 3.82. The normalized spacial score (nSPS) is 10.0. The summed E-state index contributed by atoms with van der Waals surface area (Å²) in [5, 5.41) is 10.4. The number of halogens is 2. The summed E-state index contributed by atoms with van der Waals surface area (Å²) in [5.74, 6) is -3.45. The van der Waals surface area contributed by atoms with E-state index in [2.05, 4.69) is 0 Å². The van der Waals surface area contributed by atoms with Gasteiger partial charge in [-0.25, -0.2) is 8.78 Å². The zero-order valence-corrected chi connectivity index (χ0v) is 7.37. The molecule has 0 radical (unpaired) electrons. The van der Waals surface area contributed by atoms with E-state index >= 15 is 0 Å². The number of hydrogen-bond donors (Lipinski definition) is 1. The van der Waals surface area contributed by atoms with Crippen molar-refractivity contribution in [2.45, 2.75) is 6.42 Å². The van der Waals surface area contributed by atoms with E-state index in [0.717, 1.165) is 0 Å².